The van der Waals surface area contributed by atoms with Crippen LogP contribution in [0, 0.1) is 5.92 Å². The first kappa shape index (κ1) is 25.3. The minimum atomic E-state index is -0.903. The van der Waals surface area contributed by atoms with Crippen molar-refractivity contribution in [1.29, 1.82) is 0 Å². The standard InChI is InChI=1S/C28H30ClNO4/c1-19(2)15-26(22-7-6-8-23(29)17-22)30-28(33)25-16-20(11-12-21(25)13-14-27(31)32)18-34-24-9-4-3-5-10-24/h3-12,16-17,19,26H,13-15,18H2,1-2H3,(H,30,33)(H,31,32). The zero-order valence-electron chi connectivity index (χ0n) is 19.5. The number of carboxylic acids is 1. The van der Waals surface area contributed by atoms with E-state index >= 15 is 0 Å². The quantitative estimate of drug-likeness (QED) is 0.331. The van der Waals surface area contributed by atoms with E-state index in [1.54, 1.807) is 12.1 Å². The molecule has 3 aromatic carbocycles. The molecule has 5 nitrogen and oxygen atoms in total. The number of benzene rings is 3. The van der Waals surface area contributed by atoms with Crippen LogP contribution in [0.5, 0.6) is 5.75 Å². The number of hydrogen-bond donors (Lipinski definition) is 2. The van der Waals surface area contributed by atoms with E-state index in [0.717, 1.165) is 23.3 Å². The SMILES string of the molecule is CC(C)CC(NC(=O)c1cc(COc2ccccc2)ccc1CCC(=O)O)c1cccc(Cl)c1. The van der Waals surface area contributed by atoms with Crippen molar-refractivity contribution in [1.82, 2.24) is 5.32 Å². The molecular weight excluding hydrogens is 450 g/mol. The van der Waals surface area contributed by atoms with Crippen LogP contribution in [-0.2, 0) is 17.8 Å². The molecule has 2 N–H and O–H groups in total. The van der Waals surface area contributed by atoms with Crippen LogP contribution in [0.4, 0.5) is 0 Å². The fraction of sp³-hybridized carbons (Fsp3) is 0.286. The molecular formula is C28H30ClNO4. The van der Waals surface area contributed by atoms with E-state index in [0.29, 0.717) is 28.7 Å². The lowest BCUT2D eigenvalue weighted by Crippen LogP contribution is -2.30. The molecule has 0 aliphatic heterocycles. The Hall–Kier alpha value is -3.31. The van der Waals surface area contributed by atoms with Gasteiger partial charge in [0.2, 0.25) is 0 Å². The first-order valence-electron chi connectivity index (χ1n) is 11.4. The molecule has 1 amide bonds. The number of aliphatic carboxylic acids is 1. The van der Waals surface area contributed by atoms with Crippen molar-refractivity contribution in [3.8, 4) is 5.75 Å². The van der Waals surface area contributed by atoms with Crippen molar-refractivity contribution < 1.29 is 19.4 Å². The highest BCUT2D eigenvalue weighted by Gasteiger charge is 2.20. The van der Waals surface area contributed by atoms with E-state index in [1.807, 2.05) is 60.7 Å². The van der Waals surface area contributed by atoms with Gasteiger partial charge in [-0.2, -0.15) is 0 Å². The number of amides is 1. The number of para-hydroxylation sites is 1. The van der Waals surface area contributed by atoms with Gasteiger partial charge in [-0.1, -0.05) is 67.9 Å². The van der Waals surface area contributed by atoms with E-state index in [9.17, 15) is 9.59 Å². The highest BCUT2D eigenvalue weighted by atomic mass is 35.5. The molecule has 0 aliphatic rings. The molecule has 0 heterocycles. The second-order valence-electron chi connectivity index (χ2n) is 8.70. The maximum absolute atomic E-state index is 13.5. The Morgan fingerprint density at radius 1 is 1.00 bits per heavy atom. The largest absolute Gasteiger partial charge is 0.489 e. The van der Waals surface area contributed by atoms with Crippen LogP contribution in [0.1, 0.15) is 59.8 Å². The summed E-state index contributed by atoms with van der Waals surface area (Å²) in [5.41, 5.74) is 2.92. The third-order valence-electron chi connectivity index (χ3n) is 5.44. The summed E-state index contributed by atoms with van der Waals surface area (Å²) in [6, 6.07) is 22.2. The molecule has 1 atom stereocenters. The van der Waals surface area contributed by atoms with E-state index in [4.69, 9.17) is 21.4 Å². The summed E-state index contributed by atoms with van der Waals surface area (Å²) >= 11 is 6.20. The summed E-state index contributed by atoms with van der Waals surface area (Å²) in [5.74, 6) is -0.0604. The molecule has 34 heavy (non-hydrogen) atoms. The van der Waals surface area contributed by atoms with Gasteiger partial charge < -0.3 is 15.2 Å². The van der Waals surface area contributed by atoms with Crippen LogP contribution in [0.15, 0.2) is 72.8 Å². The van der Waals surface area contributed by atoms with Crippen LogP contribution < -0.4 is 10.1 Å². The van der Waals surface area contributed by atoms with Gasteiger partial charge in [-0.3, -0.25) is 9.59 Å². The van der Waals surface area contributed by atoms with Gasteiger partial charge in [0.25, 0.3) is 5.91 Å². The summed E-state index contributed by atoms with van der Waals surface area (Å²) in [6.45, 7) is 4.50. The van der Waals surface area contributed by atoms with Gasteiger partial charge in [0.1, 0.15) is 12.4 Å². The predicted molar refractivity (Wildman–Crippen MR) is 134 cm³/mol. The minimum absolute atomic E-state index is 0.0517. The van der Waals surface area contributed by atoms with Gasteiger partial charge in [0.15, 0.2) is 0 Å². The van der Waals surface area contributed by atoms with Gasteiger partial charge in [0, 0.05) is 17.0 Å². The lowest BCUT2D eigenvalue weighted by Gasteiger charge is -2.22. The second-order valence-corrected chi connectivity index (χ2v) is 9.13. The normalized spacial score (nSPS) is 11.8. The maximum Gasteiger partial charge on any atom is 0.303 e. The Bertz CT molecular complexity index is 1110. The van der Waals surface area contributed by atoms with Gasteiger partial charge in [-0.15, -0.1) is 0 Å². The Labute approximate surface area is 205 Å². The van der Waals surface area contributed by atoms with Gasteiger partial charge >= 0.3 is 5.97 Å². The Morgan fingerprint density at radius 2 is 1.76 bits per heavy atom. The number of halogens is 1. The number of aryl methyl sites for hydroxylation is 1. The molecule has 3 rings (SSSR count). The first-order valence-corrected chi connectivity index (χ1v) is 11.8. The zero-order valence-corrected chi connectivity index (χ0v) is 20.2. The molecule has 0 saturated heterocycles. The first-order chi connectivity index (χ1) is 16.3. The third kappa shape index (κ3) is 7.63. The summed E-state index contributed by atoms with van der Waals surface area (Å²) in [6.07, 6.45) is 0.959. The Balaban J connectivity index is 1.86. The van der Waals surface area contributed by atoms with Crippen LogP contribution in [0.2, 0.25) is 5.02 Å². The average molecular weight is 480 g/mol. The van der Waals surface area contributed by atoms with E-state index < -0.39 is 5.97 Å². The summed E-state index contributed by atoms with van der Waals surface area (Å²) < 4.78 is 5.84. The highest BCUT2D eigenvalue weighted by Crippen LogP contribution is 2.25. The molecule has 0 spiro atoms. The van der Waals surface area contributed by atoms with Crippen molar-refractivity contribution in [3.05, 3.63) is 100 Å². The molecule has 0 bridgehead atoms. The number of carbonyl (C=O) groups excluding carboxylic acids is 1. The second kappa shape index (κ2) is 12.2. The fourth-order valence-corrected chi connectivity index (χ4v) is 3.98. The molecule has 3 aromatic rings. The predicted octanol–water partition coefficient (Wildman–Crippen LogP) is 6.45. The van der Waals surface area contributed by atoms with E-state index in [-0.39, 0.29) is 24.8 Å². The number of ether oxygens (including phenoxy) is 1. The molecule has 0 saturated carbocycles. The lowest BCUT2D eigenvalue weighted by atomic mass is 9.95. The number of nitrogens with one attached hydrogen (secondary N) is 1. The fourth-order valence-electron chi connectivity index (χ4n) is 3.78. The van der Waals surface area contributed by atoms with Crippen molar-refractivity contribution in [3.63, 3.8) is 0 Å². The summed E-state index contributed by atoms with van der Waals surface area (Å²) in [7, 11) is 0. The molecule has 0 aromatic heterocycles. The van der Waals surface area contributed by atoms with Crippen molar-refractivity contribution in [2.24, 2.45) is 5.92 Å². The van der Waals surface area contributed by atoms with Gasteiger partial charge in [-0.05, 0) is 65.8 Å². The average Bonchev–Trinajstić information content (AvgIpc) is 2.81. The zero-order chi connectivity index (χ0) is 24.5. The summed E-state index contributed by atoms with van der Waals surface area (Å²) in [5, 5.41) is 12.9. The van der Waals surface area contributed by atoms with Gasteiger partial charge in [-0.25, -0.2) is 0 Å². The van der Waals surface area contributed by atoms with Crippen molar-refractivity contribution in [2.75, 3.05) is 0 Å². The van der Waals surface area contributed by atoms with Gasteiger partial charge in [0.05, 0.1) is 6.04 Å². The Morgan fingerprint density at radius 3 is 2.44 bits per heavy atom. The number of carboxylic acid groups (broad SMARTS) is 1. The molecule has 1 unspecified atom stereocenters. The van der Waals surface area contributed by atoms with Crippen LogP contribution >= 0.6 is 11.6 Å². The topological polar surface area (TPSA) is 75.6 Å². The number of rotatable bonds is 11. The monoisotopic (exact) mass is 479 g/mol. The Kier molecular flexibility index (Phi) is 9.11. The van der Waals surface area contributed by atoms with E-state index in [1.165, 1.54) is 0 Å². The smallest absolute Gasteiger partial charge is 0.303 e. The lowest BCUT2D eigenvalue weighted by molar-refractivity contribution is -0.136. The minimum Gasteiger partial charge on any atom is -0.489 e. The highest BCUT2D eigenvalue weighted by molar-refractivity contribution is 6.30. The molecule has 178 valence electrons. The van der Waals surface area contributed by atoms with Crippen molar-refractivity contribution >= 4 is 23.5 Å². The number of hydrogen-bond acceptors (Lipinski definition) is 3. The van der Waals surface area contributed by atoms with Crippen LogP contribution in [0.25, 0.3) is 0 Å². The molecule has 0 fully saturated rings. The van der Waals surface area contributed by atoms with E-state index in [2.05, 4.69) is 19.2 Å². The summed E-state index contributed by atoms with van der Waals surface area (Å²) in [4.78, 5) is 24.6. The van der Waals surface area contributed by atoms with Crippen LogP contribution in [-0.4, -0.2) is 17.0 Å². The third-order valence-corrected chi connectivity index (χ3v) is 5.67. The maximum atomic E-state index is 13.5. The number of carbonyl (C=O) groups is 2. The molecule has 0 aliphatic carbocycles. The van der Waals surface area contributed by atoms with Crippen molar-refractivity contribution in [2.45, 2.75) is 45.8 Å². The van der Waals surface area contributed by atoms with Crippen LogP contribution in [0.3, 0.4) is 0 Å². The molecule has 0 radical (unpaired) electrons. The molecule has 6 heteroatoms.